The predicted octanol–water partition coefficient (Wildman–Crippen LogP) is 3.16. The standard InChI is InChI=1S/C15H29NO3/c1-6-13(7-2)16(10-11(3)4)14(17)8-12(5)9-15(18)19/h11-13H,6-10H2,1-5H3,(H,18,19). The summed E-state index contributed by atoms with van der Waals surface area (Å²) in [4.78, 5) is 25.0. The first kappa shape index (κ1) is 17.9. The van der Waals surface area contributed by atoms with Crippen LogP contribution in [0.4, 0.5) is 0 Å². The van der Waals surface area contributed by atoms with Gasteiger partial charge >= 0.3 is 5.97 Å². The summed E-state index contributed by atoms with van der Waals surface area (Å²) in [6.45, 7) is 11.0. The molecule has 0 aliphatic rings. The van der Waals surface area contributed by atoms with Gasteiger partial charge in [-0.3, -0.25) is 9.59 Å². The highest BCUT2D eigenvalue weighted by molar-refractivity contribution is 5.77. The van der Waals surface area contributed by atoms with E-state index in [1.54, 1.807) is 0 Å². The van der Waals surface area contributed by atoms with Crippen molar-refractivity contribution in [2.75, 3.05) is 6.54 Å². The van der Waals surface area contributed by atoms with Crippen molar-refractivity contribution in [1.82, 2.24) is 4.90 Å². The summed E-state index contributed by atoms with van der Waals surface area (Å²) in [5.41, 5.74) is 0. The Balaban J connectivity index is 4.66. The van der Waals surface area contributed by atoms with Crippen molar-refractivity contribution in [2.24, 2.45) is 11.8 Å². The number of carbonyl (C=O) groups is 2. The van der Waals surface area contributed by atoms with Crippen LogP contribution in [0.3, 0.4) is 0 Å². The van der Waals surface area contributed by atoms with Gasteiger partial charge in [0.05, 0.1) is 0 Å². The largest absolute Gasteiger partial charge is 0.481 e. The van der Waals surface area contributed by atoms with E-state index in [9.17, 15) is 9.59 Å². The van der Waals surface area contributed by atoms with Crippen LogP contribution in [-0.4, -0.2) is 34.5 Å². The zero-order valence-corrected chi connectivity index (χ0v) is 13.0. The lowest BCUT2D eigenvalue weighted by Crippen LogP contribution is -2.42. The molecule has 0 aromatic heterocycles. The fourth-order valence-corrected chi connectivity index (χ4v) is 2.36. The molecule has 19 heavy (non-hydrogen) atoms. The number of carbonyl (C=O) groups excluding carboxylic acids is 1. The van der Waals surface area contributed by atoms with E-state index >= 15 is 0 Å². The summed E-state index contributed by atoms with van der Waals surface area (Å²) in [6.07, 6.45) is 2.28. The number of amides is 1. The van der Waals surface area contributed by atoms with Gasteiger partial charge in [0.1, 0.15) is 0 Å². The number of rotatable bonds is 9. The zero-order valence-electron chi connectivity index (χ0n) is 13.0. The fourth-order valence-electron chi connectivity index (χ4n) is 2.36. The SMILES string of the molecule is CCC(CC)N(CC(C)C)C(=O)CC(C)CC(=O)O. The van der Waals surface area contributed by atoms with E-state index in [2.05, 4.69) is 27.7 Å². The molecule has 4 heteroatoms. The molecule has 0 heterocycles. The lowest BCUT2D eigenvalue weighted by molar-refractivity contribution is -0.139. The number of hydrogen-bond donors (Lipinski definition) is 1. The Bertz CT molecular complexity index is 285. The third-order valence-corrected chi connectivity index (χ3v) is 3.31. The molecule has 0 aromatic rings. The molecule has 112 valence electrons. The molecule has 0 spiro atoms. The van der Waals surface area contributed by atoms with Crippen LogP contribution in [0.1, 0.15) is 60.3 Å². The Morgan fingerprint density at radius 2 is 1.58 bits per heavy atom. The maximum atomic E-state index is 12.4. The summed E-state index contributed by atoms with van der Waals surface area (Å²) in [5.74, 6) is -0.414. The third kappa shape index (κ3) is 7.19. The maximum Gasteiger partial charge on any atom is 0.303 e. The first-order valence-corrected chi connectivity index (χ1v) is 7.32. The van der Waals surface area contributed by atoms with Crippen LogP contribution in [0.2, 0.25) is 0 Å². The molecule has 4 nitrogen and oxygen atoms in total. The Hall–Kier alpha value is -1.06. The van der Waals surface area contributed by atoms with Crippen LogP contribution in [0.5, 0.6) is 0 Å². The van der Waals surface area contributed by atoms with Gasteiger partial charge in [0.15, 0.2) is 0 Å². The third-order valence-electron chi connectivity index (χ3n) is 3.31. The normalized spacial score (nSPS) is 12.8. The van der Waals surface area contributed by atoms with Crippen molar-refractivity contribution in [2.45, 2.75) is 66.3 Å². The van der Waals surface area contributed by atoms with Crippen molar-refractivity contribution < 1.29 is 14.7 Å². The smallest absolute Gasteiger partial charge is 0.303 e. The molecular formula is C15H29NO3. The van der Waals surface area contributed by atoms with Gasteiger partial charge in [0.2, 0.25) is 5.91 Å². The maximum absolute atomic E-state index is 12.4. The van der Waals surface area contributed by atoms with Gasteiger partial charge in [-0.2, -0.15) is 0 Å². The Morgan fingerprint density at radius 1 is 1.05 bits per heavy atom. The quantitative estimate of drug-likeness (QED) is 0.700. The van der Waals surface area contributed by atoms with E-state index in [0.29, 0.717) is 12.3 Å². The Morgan fingerprint density at radius 3 is 1.95 bits per heavy atom. The van der Waals surface area contributed by atoms with Crippen LogP contribution in [0, 0.1) is 11.8 Å². The number of hydrogen-bond acceptors (Lipinski definition) is 2. The molecule has 0 saturated carbocycles. The van der Waals surface area contributed by atoms with E-state index in [-0.39, 0.29) is 24.3 Å². The minimum atomic E-state index is -0.835. The Kier molecular flexibility index (Phi) is 8.44. The topological polar surface area (TPSA) is 57.6 Å². The van der Waals surface area contributed by atoms with Gasteiger partial charge in [0, 0.05) is 25.4 Å². The molecule has 1 unspecified atom stereocenters. The first-order valence-electron chi connectivity index (χ1n) is 7.32. The van der Waals surface area contributed by atoms with E-state index in [1.165, 1.54) is 0 Å². The number of nitrogens with zero attached hydrogens (tertiary/aromatic N) is 1. The summed E-state index contributed by atoms with van der Waals surface area (Å²) < 4.78 is 0. The lowest BCUT2D eigenvalue weighted by atomic mass is 10.0. The van der Waals surface area contributed by atoms with Gasteiger partial charge in [-0.25, -0.2) is 0 Å². The van der Waals surface area contributed by atoms with E-state index in [4.69, 9.17) is 5.11 Å². The monoisotopic (exact) mass is 271 g/mol. The molecule has 1 N–H and O–H groups in total. The van der Waals surface area contributed by atoms with E-state index in [0.717, 1.165) is 19.4 Å². The number of aliphatic carboxylic acids is 1. The average molecular weight is 271 g/mol. The van der Waals surface area contributed by atoms with Gasteiger partial charge in [-0.15, -0.1) is 0 Å². The fraction of sp³-hybridized carbons (Fsp3) is 0.867. The first-order chi connectivity index (χ1) is 8.81. The minimum Gasteiger partial charge on any atom is -0.481 e. The molecular weight excluding hydrogens is 242 g/mol. The molecule has 0 aliphatic heterocycles. The molecule has 1 amide bonds. The van der Waals surface area contributed by atoms with Crippen LogP contribution in [-0.2, 0) is 9.59 Å². The highest BCUT2D eigenvalue weighted by Gasteiger charge is 2.23. The molecule has 0 aromatic carbocycles. The van der Waals surface area contributed by atoms with Gasteiger partial charge in [-0.05, 0) is 24.7 Å². The highest BCUT2D eigenvalue weighted by atomic mass is 16.4. The van der Waals surface area contributed by atoms with Gasteiger partial charge in [-0.1, -0.05) is 34.6 Å². The molecule has 0 saturated heterocycles. The Labute approximate surface area is 117 Å². The molecule has 0 bridgehead atoms. The van der Waals surface area contributed by atoms with Crippen molar-refractivity contribution in [3.05, 3.63) is 0 Å². The van der Waals surface area contributed by atoms with Gasteiger partial charge in [0.25, 0.3) is 0 Å². The number of carboxylic acid groups (broad SMARTS) is 1. The van der Waals surface area contributed by atoms with E-state index in [1.807, 2.05) is 11.8 Å². The summed E-state index contributed by atoms with van der Waals surface area (Å²) in [7, 11) is 0. The minimum absolute atomic E-state index is 0.0597. The summed E-state index contributed by atoms with van der Waals surface area (Å²) >= 11 is 0. The van der Waals surface area contributed by atoms with Crippen LogP contribution < -0.4 is 0 Å². The average Bonchev–Trinajstić information content (AvgIpc) is 2.27. The summed E-state index contributed by atoms with van der Waals surface area (Å²) in [5, 5.41) is 8.76. The molecule has 0 rings (SSSR count). The molecule has 0 aliphatic carbocycles. The second-order valence-corrected chi connectivity index (χ2v) is 5.82. The number of carboxylic acids is 1. The second kappa shape index (κ2) is 8.94. The predicted molar refractivity (Wildman–Crippen MR) is 77.0 cm³/mol. The van der Waals surface area contributed by atoms with Crippen molar-refractivity contribution in [3.63, 3.8) is 0 Å². The van der Waals surface area contributed by atoms with Crippen molar-refractivity contribution >= 4 is 11.9 Å². The van der Waals surface area contributed by atoms with Crippen molar-refractivity contribution in [1.29, 1.82) is 0 Å². The lowest BCUT2D eigenvalue weighted by Gasteiger charge is -2.33. The van der Waals surface area contributed by atoms with Crippen LogP contribution >= 0.6 is 0 Å². The highest BCUT2D eigenvalue weighted by Crippen LogP contribution is 2.17. The van der Waals surface area contributed by atoms with Crippen LogP contribution in [0.25, 0.3) is 0 Å². The zero-order chi connectivity index (χ0) is 15.0. The molecule has 1 atom stereocenters. The second-order valence-electron chi connectivity index (χ2n) is 5.82. The van der Waals surface area contributed by atoms with E-state index < -0.39 is 5.97 Å². The molecule has 0 radical (unpaired) electrons. The van der Waals surface area contributed by atoms with Gasteiger partial charge < -0.3 is 10.0 Å². The van der Waals surface area contributed by atoms with Crippen LogP contribution in [0.15, 0.2) is 0 Å². The summed E-state index contributed by atoms with van der Waals surface area (Å²) in [6, 6.07) is 0.270. The van der Waals surface area contributed by atoms with Crippen molar-refractivity contribution in [3.8, 4) is 0 Å². The molecule has 0 fully saturated rings.